The van der Waals surface area contributed by atoms with Crippen LogP contribution >= 0.6 is 11.3 Å². The van der Waals surface area contributed by atoms with E-state index in [9.17, 15) is 5.26 Å². The zero-order chi connectivity index (χ0) is 16.6. The summed E-state index contributed by atoms with van der Waals surface area (Å²) in [5.74, 6) is 0.850. The minimum absolute atomic E-state index is 0.462. The second kappa shape index (κ2) is 6.15. The summed E-state index contributed by atoms with van der Waals surface area (Å²) in [7, 11) is 2.22. The fraction of sp³-hybridized carbons (Fsp3) is 0.500. The second-order valence-electron chi connectivity index (χ2n) is 6.90. The predicted molar refractivity (Wildman–Crippen MR) is 94.8 cm³/mol. The maximum atomic E-state index is 9.27. The Balaban J connectivity index is 1.38. The fourth-order valence-electron chi connectivity index (χ4n) is 4.04. The molecule has 1 spiro atoms. The minimum atomic E-state index is 0.462. The maximum absolute atomic E-state index is 9.27. The molecule has 1 saturated carbocycles. The first kappa shape index (κ1) is 15.6. The molecule has 1 atom stereocenters. The van der Waals surface area contributed by atoms with Crippen molar-refractivity contribution in [1.82, 2.24) is 14.9 Å². The largest absolute Gasteiger partial charge is 0.355 e. The molecule has 0 unspecified atom stereocenters. The van der Waals surface area contributed by atoms with Crippen molar-refractivity contribution >= 4 is 17.2 Å². The van der Waals surface area contributed by atoms with E-state index in [2.05, 4.69) is 32.9 Å². The Hall–Kier alpha value is -1.97. The van der Waals surface area contributed by atoms with Crippen molar-refractivity contribution in [1.29, 1.82) is 5.26 Å². The van der Waals surface area contributed by atoms with E-state index in [1.165, 1.54) is 24.3 Å². The Labute approximate surface area is 146 Å². The third-order valence-corrected chi connectivity index (χ3v) is 6.28. The smallest absolute Gasteiger partial charge is 0.146 e. The highest BCUT2D eigenvalue weighted by atomic mass is 32.1. The van der Waals surface area contributed by atoms with Gasteiger partial charge in [0.15, 0.2) is 0 Å². The van der Waals surface area contributed by atoms with E-state index in [0.717, 1.165) is 25.5 Å². The number of nitriles is 1. The number of hydrogen-bond acceptors (Lipinski definition) is 6. The molecule has 1 aliphatic carbocycles. The molecule has 2 fully saturated rings. The normalized spacial score (nSPS) is 21.9. The quantitative estimate of drug-likeness (QED) is 0.857. The average molecular weight is 339 g/mol. The monoisotopic (exact) mass is 339 g/mol. The summed E-state index contributed by atoms with van der Waals surface area (Å²) in [6.07, 6.45) is 7.32. The van der Waals surface area contributed by atoms with Crippen LogP contribution in [0.25, 0.3) is 0 Å². The SMILES string of the molecule is CN(Cc1nccs1)[C@@H]1CC12CCN(c1ncccc1C#N)CC2. The van der Waals surface area contributed by atoms with Crippen molar-refractivity contribution in [3.63, 3.8) is 0 Å². The molecule has 6 heteroatoms. The maximum Gasteiger partial charge on any atom is 0.146 e. The van der Waals surface area contributed by atoms with Gasteiger partial charge < -0.3 is 4.90 Å². The molecule has 0 amide bonds. The fourth-order valence-corrected chi connectivity index (χ4v) is 4.72. The lowest BCUT2D eigenvalue weighted by Gasteiger charge is -2.35. The molecule has 124 valence electrons. The van der Waals surface area contributed by atoms with Crippen molar-refractivity contribution in [2.24, 2.45) is 5.41 Å². The van der Waals surface area contributed by atoms with Crippen LogP contribution in [0.4, 0.5) is 5.82 Å². The van der Waals surface area contributed by atoms with Crippen molar-refractivity contribution in [3.8, 4) is 6.07 Å². The molecule has 5 nitrogen and oxygen atoms in total. The summed E-state index contributed by atoms with van der Waals surface area (Å²) < 4.78 is 0. The topological polar surface area (TPSA) is 56.1 Å². The van der Waals surface area contributed by atoms with Gasteiger partial charge in [-0.15, -0.1) is 11.3 Å². The zero-order valence-electron chi connectivity index (χ0n) is 13.9. The zero-order valence-corrected chi connectivity index (χ0v) is 14.7. The molecule has 0 radical (unpaired) electrons. The van der Waals surface area contributed by atoms with E-state index in [1.54, 1.807) is 17.5 Å². The Morgan fingerprint density at radius 3 is 2.92 bits per heavy atom. The van der Waals surface area contributed by atoms with Crippen LogP contribution in [0.3, 0.4) is 0 Å². The molecule has 3 heterocycles. The van der Waals surface area contributed by atoms with Gasteiger partial charge in [0.2, 0.25) is 0 Å². The van der Waals surface area contributed by atoms with E-state index < -0.39 is 0 Å². The number of nitrogens with zero attached hydrogens (tertiary/aromatic N) is 5. The number of rotatable bonds is 4. The van der Waals surface area contributed by atoms with Crippen molar-refractivity contribution < 1.29 is 0 Å². The number of anilines is 1. The van der Waals surface area contributed by atoms with Crippen LogP contribution in [0.15, 0.2) is 29.9 Å². The van der Waals surface area contributed by atoms with E-state index >= 15 is 0 Å². The van der Waals surface area contributed by atoms with Crippen LogP contribution in [-0.2, 0) is 6.54 Å². The summed E-state index contributed by atoms with van der Waals surface area (Å²) in [5.41, 5.74) is 1.14. The average Bonchev–Trinajstić information content (AvgIpc) is 3.07. The molecule has 0 N–H and O–H groups in total. The lowest BCUT2D eigenvalue weighted by atomic mass is 9.92. The highest BCUT2D eigenvalue weighted by Gasteiger charge is 2.56. The van der Waals surface area contributed by atoms with Gasteiger partial charge in [0.05, 0.1) is 12.1 Å². The molecular formula is C18H21N5S. The number of aromatic nitrogens is 2. The molecule has 24 heavy (non-hydrogen) atoms. The summed E-state index contributed by atoms with van der Waals surface area (Å²) in [4.78, 5) is 13.6. The third-order valence-electron chi connectivity index (χ3n) is 5.51. The van der Waals surface area contributed by atoms with Gasteiger partial charge in [-0.1, -0.05) is 0 Å². The summed E-state index contributed by atoms with van der Waals surface area (Å²) in [6.45, 7) is 2.94. The molecule has 0 aromatic carbocycles. The van der Waals surface area contributed by atoms with E-state index in [4.69, 9.17) is 0 Å². The van der Waals surface area contributed by atoms with Crippen LogP contribution < -0.4 is 4.90 Å². The van der Waals surface area contributed by atoms with Crippen molar-refractivity contribution in [3.05, 3.63) is 40.5 Å². The molecule has 0 bridgehead atoms. The van der Waals surface area contributed by atoms with Crippen LogP contribution in [0.5, 0.6) is 0 Å². The van der Waals surface area contributed by atoms with Gasteiger partial charge in [-0.2, -0.15) is 5.26 Å². The lowest BCUT2D eigenvalue weighted by molar-refractivity contribution is 0.238. The second-order valence-corrected chi connectivity index (χ2v) is 7.88. The van der Waals surface area contributed by atoms with Gasteiger partial charge in [-0.05, 0) is 43.9 Å². The van der Waals surface area contributed by atoms with Crippen molar-refractivity contribution in [2.75, 3.05) is 25.0 Å². The van der Waals surface area contributed by atoms with Gasteiger partial charge in [-0.25, -0.2) is 9.97 Å². The van der Waals surface area contributed by atoms with Crippen molar-refractivity contribution in [2.45, 2.75) is 31.8 Å². The first-order valence-corrected chi connectivity index (χ1v) is 9.28. The Bertz CT molecular complexity index is 743. The highest BCUT2D eigenvalue weighted by molar-refractivity contribution is 7.09. The molecule has 1 aliphatic heterocycles. The molecule has 1 saturated heterocycles. The standard InChI is InChI=1S/C18H21N5S/c1-22(13-16-20-7-10-24-16)15-11-18(15)4-8-23(9-5-18)17-14(12-19)3-2-6-21-17/h2-3,6-7,10,15H,4-5,8-9,11,13H2,1H3/t15-/m1/s1. The summed E-state index contributed by atoms with van der Waals surface area (Å²) >= 11 is 1.73. The first-order chi connectivity index (χ1) is 11.7. The predicted octanol–water partition coefficient (Wildman–Crippen LogP) is 2.90. The molecule has 4 rings (SSSR count). The summed E-state index contributed by atoms with van der Waals surface area (Å²) in [5, 5.41) is 12.5. The van der Waals surface area contributed by atoms with E-state index in [1.807, 2.05) is 23.7 Å². The first-order valence-electron chi connectivity index (χ1n) is 8.40. The van der Waals surface area contributed by atoms with Gasteiger partial charge in [0.25, 0.3) is 0 Å². The molecule has 2 aromatic heterocycles. The number of pyridine rings is 1. The van der Waals surface area contributed by atoms with E-state index in [0.29, 0.717) is 17.0 Å². The van der Waals surface area contributed by atoms with Crippen LogP contribution in [0, 0.1) is 16.7 Å². The van der Waals surface area contributed by atoms with Crippen LogP contribution in [0.1, 0.15) is 29.8 Å². The number of hydrogen-bond donors (Lipinski definition) is 0. The highest BCUT2D eigenvalue weighted by Crippen LogP contribution is 2.56. The third kappa shape index (κ3) is 2.79. The van der Waals surface area contributed by atoms with Crippen LogP contribution in [0.2, 0.25) is 0 Å². The number of piperidine rings is 1. The van der Waals surface area contributed by atoms with Gasteiger partial charge in [0.1, 0.15) is 16.9 Å². The van der Waals surface area contributed by atoms with Gasteiger partial charge >= 0.3 is 0 Å². The van der Waals surface area contributed by atoms with Crippen LogP contribution in [-0.4, -0.2) is 41.0 Å². The Kier molecular flexibility index (Phi) is 3.99. The Morgan fingerprint density at radius 2 is 2.21 bits per heavy atom. The van der Waals surface area contributed by atoms with E-state index in [-0.39, 0.29) is 0 Å². The lowest BCUT2D eigenvalue weighted by Crippen LogP contribution is -2.38. The molecule has 2 aromatic rings. The Morgan fingerprint density at radius 1 is 1.38 bits per heavy atom. The minimum Gasteiger partial charge on any atom is -0.355 e. The summed E-state index contributed by atoms with van der Waals surface area (Å²) in [6, 6.07) is 6.62. The molecular weight excluding hydrogens is 318 g/mol. The van der Waals surface area contributed by atoms with Gasteiger partial charge in [0, 0.05) is 36.9 Å². The number of thiazole rings is 1. The molecule has 2 aliphatic rings. The van der Waals surface area contributed by atoms with Gasteiger partial charge in [-0.3, -0.25) is 4.90 Å².